The molecule has 0 saturated heterocycles. The van der Waals surface area contributed by atoms with Crippen LogP contribution in [0.2, 0.25) is 5.02 Å². The van der Waals surface area contributed by atoms with Crippen LogP contribution in [0.15, 0.2) is 18.2 Å². The van der Waals surface area contributed by atoms with Gasteiger partial charge in [-0.3, -0.25) is 24.5 Å². The normalized spacial score (nSPS) is 11.0. The van der Waals surface area contributed by atoms with E-state index in [0.29, 0.717) is 12.2 Å². The smallest absolute Gasteiger partial charge is 0.289 e. The van der Waals surface area contributed by atoms with E-state index in [1.54, 1.807) is 0 Å². The highest BCUT2D eigenvalue weighted by molar-refractivity contribution is 6.32. The summed E-state index contributed by atoms with van der Waals surface area (Å²) in [4.78, 5) is 24.3. The zero-order valence-corrected chi connectivity index (χ0v) is 15.3. The number of nitrogens with zero attached hydrogens (tertiary/aromatic N) is 4. The molecule has 0 atom stereocenters. The molecule has 0 unspecified atom stereocenters. The van der Waals surface area contributed by atoms with Gasteiger partial charge in [0.1, 0.15) is 5.02 Å². The number of hydrogen-bond donors (Lipinski definition) is 1. The number of nitro benzene ring substituents is 1. The van der Waals surface area contributed by atoms with Crippen LogP contribution < -0.4 is 5.32 Å². The molecule has 8 nitrogen and oxygen atoms in total. The highest BCUT2D eigenvalue weighted by Gasteiger charge is 2.16. The molecule has 0 aliphatic heterocycles. The van der Waals surface area contributed by atoms with E-state index < -0.39 is 4.92 Å². The van der Waals surface area contributed by atoms with Gasteiger partial charge in [-0.1, -0.05) is 11.6 Å². The topological polar surface area (TPSA) is 93.3 Å². The predicted octanol–water partition coefficient (Wildman–Crippen LogP) is 2.67. The Hall–Kier alpha value is -2.45. The lowest BCUT2D eigenvalue weighted by atomic mass is 10.2. The second-order valence-electron chi connectivity index (χ2n) is 5.92. The molecule has 0 aliphatic rings. The largest absolute Gasteiger partial charge is 0.325 e. The second kappa shape index (κ2) is 7.62. The number of rotatable bonds is 6. The number of nitro groups is 1. The first-order chi connectivity index (χ1) is 11.7. The first-order valence-electron chi connectivity index (χ1n) is 7.60. The van der Waals surface area contributed by atoms with Gasteiger partial charge in [0.2, 0.25) is 5.91 Å². The maximum atomic E-state index is 12.2. The fourth-order valence-corrected chi connectivity index (χ4v) is 2.73. The summed E-state index contributed by atoms with van der Waals surface area (Å²) in [5.74, 6) is -0.265. The van der Waals surface area contributed by atoms with Gasteiger partial charge in [-0.05, 0) is 33.0 Å². The Morgan fingerprint density at radius 1 is 1.44 bits per heavy atom. The molecule has 0 saturated carbocycles. The molecule has 25 heavy (non-hydrogen) atoms. The van der Waals surface area contributed by atoms with E-state index >= 15 is 0 Å². The number of carbonyl (C=O) groups excluding carboxylic acids is 1. The number of likely N-dealkylation sites (N-methyl/N-ethyl adjacent to an activating group) is 1. The highest BCUT2D eigenvalue weighted by Crippen LogP contribution is 2.27. The standard InChI is InChI=1S/C16H20ClN5O3/c1-10-13(11(2)21(4)19-10)8-20(3)9-16(23)18-12-5-6-14(17)15(7-12)22(24)25/h5-7H,8-9H2,1-4H3,(H,18,23). The number of hydrogen-bond acceptors (Lipinski definition) is 5. The Morgan fingerprint density at radius 2 is 2.12 bits per heavy atom. The summed E-state index contributed by atoms with van der Waals surface area (Å²) < 4.78 is 1.81. The highest BCUT2D eigenvalue weighted by atomic mass is 35.5. The zero-order chi connectivity index (χ0) is 18.7. The van der Waals surface area contributed by atoms with Gasteiger partial charge >= 0.3 is 0 Å². The lowest BCUT2D eigenvalue weighted by molar-refractivity contribution is -0.384. The minimum absolute atomic E-state index is 0.0302. The summed E-state index contributed by atoms with van der Waals surface area (Å²) >= 11 is 5.76. The number of halogens is 1. The summed E-state index contributed by atoms with van der Waals surface area (Å²) in [6.07, 6.45) is 0. The van der Waals surface area contributed by atoms with Crippen LogP contribution in [0.25, 0.3) is 0 Å². The van der Waals surface area contributed by atoms with E-state index in [1.165, 1.54) is 18.2 Å². The number of anilines is 1. The van der Waals surface area contributed by atoms with Crippen molar-refractivity contribution in [1.82, 2.24) is 14.7 Å². The van der Waals surface area contributed by atoms with E-state index in [0.717, 1.165) is 17.0 Å². The van der Waals surface area contributed by atoms with E-state index in [-0.39, 0.29) is 23.2 Å². The summed E-state index contributed by atoms with van der Waals surface area (Å²) in [5, 5.41) is 17.9. The summed E-state index contributed by atoms with van der Waals surface area (Å²) in [6, 6.07) is 4.17. The lowest BCUT2D eigenvalue weighted by Gasteiger charge is -2.16. The molecule has 2 rings (SSSR count). The van der Waals surface area contributed by atoms with Crippen molar-refractivity contribution in [3.8, 4) is 0 Å². The fraction of sp³-hybridized carbons (Fsp3) is 0.375. The van der Waals surface area contributed by atoms with Crippen LogP contribution in [-0.4, -0.2) is 39.1 Å². The number of carbonyl (C=O) groups is 1. The van der Waals surface area contributed by atoms with Gasteiger partial charge in [0.15, 0.2) is 0 Å². The number of aromatic nitrogens is 2. The summed E-state index contributed by atoms with van der Waals surface area (Å²) in [5.41, 5.74) is 3.16. The quantitative estimate of drug-likeness (QED) is 0.627. The van der Waals surface area contributed by atoms with Gasteiger partial charge in [-0.15, -0.1) is 0 Å². The Bertz CT molecular complexity index is 818. The van der Waals surface area contributed by atoms with Gasteiger partial charge < -0.3 is 5.32 Å². The van der Waals surface area contributed by atoms with Crippen LogP contribution >= 0.6 is 11.6 Å². The Balaban J connectivity index is 2.00. The molecule has 0 radical (unpaired) electrons. The molecule has 1 heterocycles. The minimum Gasteiger partial charge on any atom is -0.325 e. The molecule has 1 aromatic heterocycles. The van der Waals surface area contributed by atoms with Crippen LogP contribution in [0.3, 0.4) is 0 Å². The molecule has 0 aliphatic carbocycles. The number of nitrogens with one attached hydrogen (secondary N) is 1. The van der Waals surface area contributed by atoms with E-state index in [4.69, 9.17) is 11.6 Å². The number of amides is 1. The van der Waals surface area contributed by atoms with Crippen LogP contribution in [0.4, 0.5) is 11.4 Å². The first kappa shape index (κ1) is 18.9. The first-order valence-corrected chi connectivity index (χ1v) is 7.98. The molecule has 1 N–H and O–H groups in total. The van der Waals surface area contributed by atoms with E-state index in [1.807, 2.05) is 37.5 Å². The molecule has 0 bridgehead atoms. The van der Waals surface area contributed by atoms with Gasteiger partial charge in [0.25, 0.3) is 5.69 Å². The second-order valence-corrected chi connectivity index (χ2v) is 6.32. The monoisotopic (exact) mass is 365 g/mol. The Kier molecular flexibility index (Phi) is 5.76. The average Bonchev–Trinajstić information content (AvgIpc) is 2.75. The van der Waals surface area contributed by atoms with Crippen LogP contribution in [0.1, 0.15) is 17.0 Å². The van der Waals surface area contributed by atoms with Crippen molar-refractivity contribution in [2.24, 2.45) is 7.05 Å². The zero-order valence-electron chi connectivity index (χ0n) is 14.5. The molecular formula is C16H20ClN5O3. The third kappa shape index (κ3) is 4.55. The third-order valence-electron chi connectivity index (χ3n) is 3.93. The van der Waals surface area contributed by atoms with E-state index in [9.17, 15) is 14.9 Å². The number of aryl methyl sites for hydroxylation is 2. The van der Waals surface area contributed by atoms with Gasteiger partial charge in [0, 0.05) is 36.6 Å². The van der Waals surface area contributed by atoms with Crippen molar-refractivity contribution in [2.75, 3.05) is 18.9 Å². The summed E-state index contributed by atoms with van der Waals surface area (Å²) in [6.45, 7) is 4.64. The third-order valence-corrected chi connectivity index (χ3v) is 4.25. The minimum atomic E-state index is -0.585. The molecule has 2 aromatic rings. The van der Waals surface area contributed by atoms with Crippen molar-refractivity contribution in [1.29, 1.82) is 0 Å². The summed E-state index contributed by atoms with van der Waals surface area (Å²) in [7, 11) is 3.71. The molecule has 9 heteroatoms. The van der Waals surface area contributed by atoms with Gasteiger partial charge in [0.05, 0.1) is 17.2 Å². The lowest BCUT2D eigenvalue weighted by Crippen LogP contribution is -2.30. The van der Waals surface area contributed by atoms with Crippen LogP contribution in [0.5, 0.6) is 0 Å². The maximum Gasteiger partial charge on any atom is 0.289 e. The van der Waals surface area contributed by atoms with Crippen LogP contribution in [0, 0.1) is 24.0 Å². The Morgan fingerprint density at radius 3 is 2.68 bits per heavy atom. The predicted molar refractivity (Wildman–Crippen MR) is 95.8 cm³/mol. The van der Waals surface area contributed by atoms with Crippen molar-refractivity contribution in [2.45, 2.75) is 20.4 Å². The van der Waals surface area contributed by atoms with Crippen molar-refractivity contribution in [3.05, 3.63) is 50.3 Å². The molecule has 134 valence electrons. The SMILES string of the molecule is Cc1nn(C)c(C)c1CN(C)CC(=O)Nc1ccc(Cl)c([N+](=O)[O-])c1. The molecular weight excluding hydrogens is 346 g/mol. The van der Waals surface area contributed by atoms with Gasteiger partial charge in [-0.2, -0.15) is 5.10 Å². The molecule has 1 amide bonds. The van der Waals surface area contributed by atoms with Gasteiger partial charge in [-0.25, -0.2) is 0 Å². The fourth-order valence-electron chi connectivity index (χ4n) is 2.55. The molecule has 0 fully saturated rings. The van der Waals surface area contributed by atoms with Crippen molar-refractivity contribution >= 4 is 28.9 Å². The van der Waals surface area contributed by atoms with Crippen molar-refractivity contribution < 1.29 is 9.72 Å². The number of benzene rings is 1. The van der Waals surface area contributed by atoms with E-state index in [2.05, 4.69) is 10.4 Å². The Labute approximate surface area is 150 Å². The molecule has 1 aromatic carbocycles. The average molecular weight is 366 g/mol. The van der Waals surface area contributed by atoms with Crippen LogP contribution in [-0.2, 0) is 18.4 Å². The maximum absolute atomic E-state index is 12.2. The molecule has 0 spiro atoms. The van der Waals surface area contributed by atoms with Crippen molar-refractivity contribution in [3.63, 3.8) is 0 Å².